The molecular weight excluding hydrogens is 501 g/mol. The Morgan fingerprint density at radius 2 is 1.75 bits per heavy atom. The van der Waals surface area contributed by atoms with Crippen LogP contribution < -0.4 is 5.32 Å². The van der Waals surface area contributed by atoms with Crippen LogP contribution in [0.2, 0.25) is 10.0 Å². The molecule has 3 aromatic heterocycles. The maximum atomic E-state index is 13.3. The fourth-order valence-electron chi connectivity index (χ4n) is 3.82. The van der Waals surface area contributed by atoms with Crippen molar-refractivity contribution in [2.75, 3.05) is 11.9 Å². The topological polar surface area (TPSA) is 105 Å². The second kappa shape index (κ2) is 9.91. The molecule has 7 nitrogen and oxygen atoms in total. The van der Waals surface area contributed by atoms with Crippen molar-refractivity contribution in [3.05, 3.63) is 100 Å². The van der Waals surface area contributed by atoms with Crippen LogP contribution >= 0.6 is 23.2 Å². The first kappa shape index (κ1) is 23.7. The summed E-state index contributed by atoms with van der Waals surface area (Å²) in [5, 5.41) is 13.4. The summed E-state index contributed by atoms with van der Waals surface area (Å²) in [7, 11) is 0. The van der Waals surface area contributed by atoms with Gasteiger partial charge in [0.05, 0.1) is 11.1 Å². The number of halogens is 2. The summed E-state index contributed by atoms with van der Waals surface area (Å²) in [5.74, 6) is -1.34. The van der Waals surface area contributed by atoms with E-state index in [-0.39, 0.29) is 22.7 Å². The van der Waals surface area contributed by atoms with Gasteiger partial charge in [-0.25, -0.2) is 4.98 Å². The highest BCUT2D eigenvalue weighted by Gasteiger charge is 2.26. The van der Waals surface area contributed by atoms with Gasteiger partial charge in [0.1, 0.15) is 12.3 Å². The molecule has 36 heavy (non-hydrogen) atoms. The predicted octanol–water partition coefficient (Wildman–Crippen LogP) is 6.03. The molecule has 2 aromatic carbocycles. The van der Waals surface area contributed by atoms with Crippen molar-refractivity contribution in [1.82, 2.24) is 9.97 Å². The third kappa shape index (κ3) is 4.47. The molecule has 1 amide bonds. The van der Waals surface area contributed by atoms with Gasteiger partial charge in [-0.3, -0.25) is 14.6 Å². The zero-order chi connectivity index (χ0) is 25.2. The molecule has 0 aliphatic rings. The summed E-state index contributed by atoms with van der Waals surface area (Å²) >= 11 is 12.6. The normalized spacial score (nSPS) is 11.0. The number of benzene rings is 2. The molecule has 0 aliphatic heterocycles. The van der Waals surface area contributed by atoms with Crippen molar-refractivity contribution in [3.8, 4) is 22.4 Å². The van der Waals surface area contributed by atoms with Gasteiger partial charge >= 0.3 is 0 Å². The molecule has 0 fully saturated rings. The molecule has 0 radical (unpaired) electrons. The van der Waals surface area contributed by atoms with Crippen molar-refractivity contribution >= 4 is 51.7 Å². The number of carbonyl (C=O) groups excluding carboxylic acids is 2. The van der Waals surface area contributed by atoms with Crippen LogP contribution in [0.15, 0.2) is 83.5 Å². The lowest BCUT2D eigenvalue weighted by atomic mass is 9.98. The third-order valence-electron chi connectivity index (χ3n) is 5.50. The van der Waals surface area contributed by atoms with Gasteiger partial charge < -0.3 is 14.8 Å². The number of furan rings is 1. The molecule has 0 atom stereocenters. The number of ketones is 1. The SMILES string of the molecule is O=C(CO)Nc1c(C(=O)c2cccnc2)oc2nc(-c3ccccc3Cl)c(-c3ccc(Cl)cc3)cc12. The standard InChI is InChI=1S/C27H17Cl2N3O4/c28-17-9-7-15(8-10-17)19-12-20-24(31-22(34)14-33)26(25(35)16-4-3-11-30-13-16)36-27(20)32-23(19)18-5-1-2-6-21(18)29/h1-13,33H,14H2,(H,31,34). The van der Waals surface area contributed by atoms with Crippen molar-refractivity contribution in [2.24, 2.45) is 0 Å². The molecule has 2 N–H and O–H groups in total. The Morgan fingerprint density at radius 1 is 0.972 bits per heavy atom. The number of nitrogens with one attached hydrogen (secondary N) is 1. The van der Waals surface area contributed by atoms with Gasteiger partial charge in [-0.15, -0.1) is 0 Å². The molecule has 0 unspecified atom stereocenters. The molecular formula is C27H17Cl2N3O4. The maximum Gasteiger partial charge on any atom is 0.250 e. The van der Waals surface area contributed by atoms with E-state index in [1.807, 2.05) is 30.3 Å². The van der Waals surface area contributed by atoms with E-state index in [0.29, 0.717) is 32.3 Å². The number of aliphatic hydroxyl groups is 1. The van der Waals surface area contributed by atoms with Crippen LogP contribution in [0, 0.1) is 0 Å². The Morgan fingerprint density at radius 3 is 2.44 bits per heavy atom. The number of nitrogens with zero attached hydrogens (tertiary/aromatic N) is 2. The van der Waals surface area contributed by atoms with Crippen LogP contribution in [0.1, 0.15) is 16.1 Å². The van der Waals surface area contributed by atoms with Crippen molar-refractivity contribution < 1.29 is 19.1 Å². The maximum absolute atomic E-state index is 13.3. The Balaban J connectivity index is 1.80. The molecule has 0 aliphatic carbocycles. The zero-order valence-corrected chi connectivity index (χ0v) is 20.0. The number of carbonyl (C=O) groups is 2. The molecule has 5 aromatic rings. The lowest BCUT2D eigenvalue weighted by Crippen LogP contribution is -2.17. The zero-order valence-electron chi connectivity index (χ0n) is 18.5. The van der Waals surface area contributed by atoms with Crippen molar-refractivity contribution in [2.45, 2.75) is 0 Å². The van der Waals surface area contributed by atoms with E-state index in [1.54, 1.807) is 42.6 Å². The fraction of sp³-hybridized carbons (Fsp3) is 0.0370. The van der Waals surface area contributed by atoms with Crippen molar-refractivity contribution in [3.63, 3.8) is 0 Å². The molecule has 0 spiro atoms. The van der Waals surface area contributed by atoms with Gasteiger partial charge in [0.25, 0.3) is 0 Å². The Kier molecular flexibility index (Phi) is 6.52. The lowest BCUT2D eigenvalue weighted by Gasteiger charge is -2.11. The number of fused-ring (bicyclic) bond motifs is 1. The van der Waals surface area contributed by atoms with Gasteiger partial charge in [0.2, 0.25) is 23.2 Å². The van der Waals surface area contributed by atoms with Gasteiger partial charge in [-0.1, -0.05) is 53.5 Å². The number of aromatic nitrogens is 2. The second-order valence-electron chi connectivity index (χ2n) is 7.81. The van der Waals surface area contributed by atoms with Gasteiger partial charge in [-0.05, 0) is 42.0 Å². The largest absolute Gasteiger partial charge is 0.432 e. The van der Waals surface area contributed by atoms with E-state index in [2.05, 4.69) is 10.3 Å². The minimum atomic E-state index is -0.775. The fourth-order valence-corrected chi connectivity index (χ4v) is 4.17. The summed E-state index contributed by atoms with van der Waals surface area (Å²) in [6.07, 6.45) is 2.94. The number of hydrogen-bond donors (Lipinski definition) is 2. The van der Waals surface area contributed by atoms with Crippen LogP contribution in [-0.4, -0.2) is 33.4 Å². The minimum absolute atomic E-state index is 0.103. The predicted molar refractivity (Wildman–Crippen MR) is 138 cm³/mol. The molecule has 0 saturated carbocycles. The van der Waals surface area contributed by atoms with Gasteiger partial charge in [0.15, 0.2) is 0 Å². The van der Waals surface area contributed by atoms with Crippen LogP contribution in [0.25, 0.3) is 33.5 Å². The van der Waals surface area contributed by atoms with E-state index in [4.69, 9.17) is 32.6 Å². The summed E-state index contributed by atoms with van der Waals surface area (Å²) in [6.45, 7) is -0.775. The number of hydrogen-bond acceptors (Lipinski definition) is 6. The number of anilines is 1. The van der Waals surface area contributed by atoms with E-state index in [1.165, 1.54) is 6.20 Å². The smallest absolute Gasteiger partial charge is 0.250 e. The summed E-state index contributed by atoms with van der Waals surface area (Å²) < 4.78 is 5.92. The Bertz CT molecular complexity index is 1600. The van der Waals surface area contributed by atoms with Gasteiger partial charge in [-0.2, -0.15) is 0 Å². The van der Waals surface area contributed by atoms with Crippen LogP contribution in [-0.2, 0) is 4.79 Å². The Hall–Kier alpha value is -4.04. The Labute approximate surface area is 215 Å². The number of rotatable bonds is 6. The molecule has 0 saturated heterocycles. The molecule has 178 valence electrons. The third-order valence-corrected chi connectivity index (χ3v) is 6.09. The first-order valence-corrected chi connectivity index (χ1v) is 11.6. The molecule has 0 bridgehead atoms. The highest BCUT2D eigenvalue weighted by atomic mass is 35.5. The highest BCUT2D eigenvalue weighted by molar-refractivity contribution is 6.33. The average molecular weight is 518 g/mol. The first-order valence-electron chi connectivity index (χ1n) is 10.8. The summed E-state index contributed by atoms with van der Waals surface area (Å²) in [5.41, 5.74) is 3.11. The first-order chi connectivity index (χ1) is 17.5. The van der Waals surface area contributed by atoms with E-state index < -0.39 is 18.3 Å². The number of amides is 1. The summed E-state index contributed by atoms with van der Waals surface area (Å²) in [6, 6.07) is 19.4. The highest BCUT2D eigenvalue weighted by Crippen LogP contribution is 2.41. The van der Waals surface area contributed by atoms with E-state index in [9.17, 15) is 14.7 Å². The minimum Gasteiger partial charge on any atom is -0.432 e. The molecule has 9 heteroatoms. The number of aliphatic hydroxyl groups excluding tert-OH is 1. The monoisotopic (exact) mass is 517 g/mol. The number of pyridine rings is 2. The van der Waals surface area contributed by atoms with E-state index in [0.717, 1.165) is 5.56 Å². The average Bonchev–Trinajstić information content (AvgIpc) is 3.25. The second-order valence-corrected chi connectivity index (χ2v) is 8.65. The van der Waals surface area contributed by atoms with Crippen LogP contribution in [0.5, 0.6) is 0 Å². The van der Waals surface area contributed by atoms with Crippen LogP contribution in [0.4, 0.5) is 5.69 Å². The lowest BCUT2D eigenvalue weighted by molar-refractivity contribution is -0.118. The quantitative estimate of drug-likeness (QED) is 0.266. The van der Waals surface area contributed by atoms with Gasteiger partial charge in [0, 0.05) is 39.1 Å². The molecule has 3 heterocycles. The van der Waals surface area contributed by atoms with Crippen molar-refractivity contribution in [1.29, 1.82) is 0 Å². The van der Waals surface area contributed by atoms with Crippen LogP contribution in [0.3, 0.4) is 0 Å². The molecule has 5 rings (SSSR count). The summed E-state index contributed by atoms with van der Waals surface area (Å²) in [4.78, 5) is 34.2. The van der Waals surface area contributed by atoms with E-state index >= 15 is 0 Å².